The molecule has 1 aromatic rings. The van der Waals surface area contributed by atoms with Gasteiger partial charge in [0, 0.05) is 12.6 Å². The molecule has 0 aliphatic carbocycles. The van der Waals surface area contributed by atoms with Crippen LogP contribution in [0.25, 0.3) is 0 Å². The Morgan fingerprint density at radius 2 is 2.00 bits per heavy atom. The highest BCUT2D eigenvalue weighted by molar-refractivity contribution is 7.89. The molecule has 6 heteroatoms. The summed E-state index contributed by atoms with van der Waals surface area (Å²) in [5.41, 5.74) is 0.975. The van der Waals surface area contributed by atoms with Crippen molar-refractivity contribution < 1.29 is 17.9 Å². The smallest absolute Gasteiger partial charge is 0.214 e. The third-order valence-electron chi connectivity index (χ3n) is 3.98. The van der Waals surface area contributed by atoms with Crippen molar-refractivity contribution in [3.63, 3.8) is 0 Å². The Labute approximate surface area is 133 Å². The van der Waals surface area contributed by atoms with Crippen LogP contribution in [0.3, 0.4) is 0 Å². The molecule has 0 radical (unpaired) electrons. The zero-order valence-electron chi connectivity index (χ0n) is 13.5. The Morgan fingerprint density at radius 1 is 1.32 bits per heavy atom. The first kappa shape index (κ1) is 17.2. The van der Waals surface area contributed by atoms with Crippen molar-refractivity contribution in [3.8, 4) is 5.75 Å². The van der Waals surface area contributed by atoms with E-state index in [4.69, 9.17) is 9.47 Å². The van der Waals surface area contributed by atoms with E-state index >= 15 is 0 Å². The Morgan fingerprint density at radius 3 is 2.59 bits per heavy atom. The number of nitrogens with zero attached hydrogens (tertiary/aromatic N) is 1. The van der Waals surface area contributed by atoms with Gasteiger partial charge in [-0.25, -0.2) is 8.42 Å². The minimum Gasteiger partial charge on any atom is -0.497 e. The van der Waals surface area contributed by atoms with E-state index in [0.29, 0.717) is 19.6 Å². The SMILES string of the molecule is CCCCS(=O)(=O)N1CC(c2ccc(OC)cc2)OCC1C. The van der Waals surface area contributed by atoms with Crippen LogP contribution in [0.1, 0.15) is 38.4 Å². The summed E-state index contributed by atoms with van der Waals surface area (Å²) in [5, 5.41) is 0. The Bertz CT molecular complexity index is 570. The van der Waals surface area contributed by atoms with Crippen LogP contribution < -0.4 is 4.74 Å². The highest BCUT2D eigenvalue weighted by Crippen LogP contribution is 2.28. The van der Waals surface area contributed by atoms with Gasteiger partial charge in [0.15, 0.2) is 0 Å². The first-order valence-corrected chi connectivity index (χ1v) is 9.34. The molecule has 1 heterocycles. The molecule has 0 aromatic heterocycles. The summed E-state index contributed by atoms with van der Waals surface area (Å²) in [6.45, 7) is 4.69. The maximum Gasteiger partial charge on any atom is 0.214 e. The third-order valence-corrected chi connectivity index (χ3v) is 6.00. The summed E-state index contributed by atoms with van der Waals surface area (Å²) in [4.78, 5) is 0. The molecular formula is C16H25NO4S. The van der Waals surface area contributed by atoms with E-state index in [1.54, 1.807) is 11.4 Å². The summed E-state index contributed by atoms with van der Waals surface area (Å²) in [6, 6.07) is 7.47. The number of rotatable bonds is 6. The first-order valence-electron chi connectivity index (χ1n) is 7.73. The van der Waals surface area contributed by atoms with E-state index in [0.717, 1.165) is 17.7 Å². The molecule has 0 N–H and O–H groups in total. The second-order valence-corrected chi connectivity index (χ2v) is 7.72. The van der Waals surface area contributed by atoms with Crippen molar-refractivity contribution in [2.24, 2.45) is 0 Å². The van der Waals surface area contributed by atoms with Gasteiger partial charge in [0.05, 0.1) is 25.6 Å². The van der Waals surface area contributed by atoms with Crippen molar-refractivity contribution in [2.45, 2.75) is 38.8 Å². The molecule has 1 aromatic carbocycles. The number of hydrogen-bond donors (Lipinski definition) is 0. The van der Waals surface area contributed by atoms with Crippen LogP contribution in [0.5, 0.6) is 5.75 Å². The van der Waals surface area contributed by atoms with Gasteiger partial charge < -0.3 is 9.47 Å². The molecule has 1 saturated heterocycles. The zero-order valence-corrected chi connectivity index (χ0v) is 14.3. The molecule has 1 fully saturated rings. The van der Waals surface area contributed by atoms with E-state index in [9.17, 15) is 8.42 Å². The number of hydrogen-bond acceptors (Lipinski definition) is 4. The summed E-state index contributed by atoms with van der Waals surface area (Å²) in [5.74, 6) is 0.990. The summed E-state index contributed by atoms with van der Waals surface area (Å²) < 4.78 is 37.5. The standard InChI is InChI=1S/C16H25NO4S/c1-4-5-10-22(18,19)17-11-16(21-12-13(17)2)14-6-8-15(20-3)9-7-14/h6-9,13,16H,4-5,10-12H2,1-3H3. The van der Waals surface area contributed by atoms with E-state index in [2.05, 4.69) is 0 Å². The second kappa shape index (κ2) is 7.44. The van der Waals surface area contributed by atoms with Crippen LogP contribution in [0.15, 0.2) is 24.3 Å². The molecule has 2 unspecified atom stereocenters. The van der Waals surface area contributed by atoms with Crippen LogP contribution >= 0.6 is 0 Å². The first-order chi connectivity index (χ1) is 10.5. The maximum absolute atomic E-state index is 12.5. The molecule has 0 amide bonds. The van der Waals surface area contributed by atoms with Gasteiger partial charge in [0.1, 0.15) is 5.75 Å². The minimum atomic E-state index is -3.22. The lowest BCUT2D eigenvalue weighted by Gasteiger charge is -2.37. The van der Waals surface area contributed by atoms with Gasteiger partial charge in [0.2, 0.25) is 10.0 Å². The molecule has 22 heavy (non-hydrogen) atoms. The fourth-order valence-corrected chi connectivity index (χ4v) is 4.45. The number of methoxy groups -OCH3 is 1. The fourth-order valence-electron chi connectivity index (χ4n) is 2.59. The lowest BCUT2D eigenvalue weighted by atomic mass is 10.1. The molecule has 5 nitrogen and oxygen atoms in total. The molecule has 0 bridgehead atoms. The van der Waals surface area contributed by atoms with Crippen LogP contribution in [0.4, 0.5) is 0 Å². The summed E-state index contributed by atoms with van der Waals surface area (Å²) >= 11 is 0. The Hall–Kier alpha value is -1.11. The van der Waals surface area contributed by atoms with E-state index in [1.807, 2.05) is 38.1 Å². The van der Waals surface area contributed by atoms with Crippen molar-refractivity contribution >= 4 is 10.0 Å². The highest BCUT2D eigenvalue weighted by atomic mass is 32.2. The molecule has 2 atom stereocenters. The van der Waals surface area contributed by atoms with Crippen LogP contribution in [-0.2, 0) is 14.8 Å². The highest BCUT2D eigenvalue weighted by Gasteiger charge is 2.34. The molecule has 0 saturated carbocycles. The average molecular weight is 327 g/mol. The van der Waals surface area contributed by atoms with Crippen molar-refractivity contribution in [2.75, 3.05) is 26.0 Å². The monoisotopic (exact) mass is 327 g/mol. The topological polar surface area (TPSA) is 55.8 Å². The van der Waals surface area contributed by atoms with E-state index in [1.165, 1.54) is 0 Å². The predicted molar refractivity (Wildman–Crippen MR) is 86.5 cm³/mol. The molecule has 1 aliphatic rings. The molecule has 1 aliphatic heterocycles. The van der Waals surface area contributed by atoms with Gasteiger partial charge in [-0.1, -0.05) is 25.5 Å². The number of unbranched alkanes of at least 4 members (excludes halogenated alkanes) is 1. The van der Waals surface area contributed by atoms with Crippen LogP contribution in [0, 0.1) is 0 Å². The second-order valence-electron chi connectivity index (χ2n) is 5.68. The zero-order chi connectivity index (χ0) is 16.2. The lowest BCUT2D eigenvalue weighted by molar-refractivity contribution is -0.0288. The van der Waals surface area contributed by atoms with Crippen molar-refractivity contribution in [1.29, 1.82) is 0 Å². The number of morpholine rings is 1. The predicted octanol–water partition coefficient (Wildman–Crippen LogP) is 2.59. The van der Waals surface area contributed by atoms with Crippen molar-refractivity contribution in [1.82, 2.24) is 4.31 Å². The van der Waals surface area contributed by atoms with Gasteiger partial charge in [-0.3, -0.25) is 0 Å². The maximum atomic E-state index is 12.5. The third kappa shape index (κ3) is 4.00. The molecule has 2 rings (SSSR count). The number of benzene rings is 1. The number of ether oxygens (including phenoxy) is 2. The molecule has 0 spiro atoms. The van der Waals surface area contributed by atoms with Crippen molar-refractivity contribution in [3.05, 3.63) is 29.8 Å². The quantitative estimate of drug-likeness (QED) is 0.806. The van der Waals surface area contributed by atoms with Gasteiger partial charge in [-0.05, 0) is 31.0 Å². The van der Waals surface area contributed by atoms with Gasteiger partial charge in [-0.15, -0.1) is 0 Å². The molecule has 124 valence electrons. The van der Waals surface area contributed by atoms with E-state index < -0.39 is 10.0 Å². The largest absolute Gasteiger partial charge is 0.497 e. The summed E-state index contributed by atoms with van der Waals surface area (Å²) in [7, 11) is -1.60. The fraction of sp³-hybridized carbons (Fsp3) is 0.625. The minimum absolute atomic E-state index is 0.114. The lowest BCUT2D eigenvalue weighted by Crippen LogP contribution is -2.48. The Balaban J connectivity index is 2.12. The van der Waals surface area contributed by atoms with Crippen LogP contribution in [0.2, 0.25) is 0 Å². The number of sulfonamides is 1. The summed E-state index contributed by atoms with van der Waals surface area (Å²) in [6.07, 6.45) is 1.35. The molecular weight excluding hydrogens is 302 g/mol. The van der Waals surface area contributed by atoms with E-state index in [-0.39, 0.29) is 17.9 Å². The van der Waals surface area contributed by atoms with Crippen LogP contribution in [-0.4, -0.2) is 44.8 Å². The average Bonchev–Trinajstić information content (AvgIpc) is 2.53. The van der Waals surface area contributed by atoms with Gasteiger partial charge in [0.25, 0.3) is 0 Å². The van der Waals surface area contributed by atoms with Gasteiger partial charge in [-0.2, -0.15) is 4.31 Å². The Kier molecular flexibility index (Phi) is 5.83. The normalized spacial score (nSPS) is 23.4. The van der Waals surface area contributed by atoms with Gasteiger partial charge >= 0.3 is 0 Å².